The van der Waals surface area contributed by atoms with Gasteiger partial charge in [-0.15, -0.1) is 0 Å². The van der Waals surface area contributed by atoms with Gasteiger partial charge in [0.15, 0.2) is 0 Å². The third-order valence-electron chi connectivity index (χ3n) is 5.90. The number of carbonyl (C=O) groups excluding carboxylic acids is 2. The zero-order chi connectivity index (χ0) is 23.4. The lowest BCUT2D eigenvalue weighted by Crippen LogP contribution is -2.59. The summed E-state index contributed by atoms with van der Waals surface area (Å²) in [7, 11) is 1.63. The quantitative estimate of drug-likeness (QED) is 0.627. The summed E-state index contributed by atoms with van der Waals surface area (Å²) in [5.41, 5.74) is 2.74. The van der Waals surface area contributed by atoms with E-state index in [9.17, 15) is 14.4 Å². The molecule has 0 bridgehead atoms. The Labute approximate surface area is 191 Å². The van der Waals surface area contributed by atoms with Gasteiger partial charge in [0, 0.05) is 32.1 Å². The molecule has 8 nitrogen and oxygen atoms in total. The first-order chi connectivity index (χ1) is 16.0. The molecule has 1 aromatic heterocycles. The number of aromatic nitrogens is 2. The van der Waals surface area contributed by atoms with E-state index in [2.05, 4.69) is 10.2 Å². The molecule has 0 aliphatic carbocycles. The number of methoxy groups -OCH3 is 1. The number of nitrogens with one attached hydrogen (secondary N) is 1. The van der Waals surface area contributed by atoms with E-state index < -0.39 is 6.04 Å². The maximum Gasteiger partial charge on any atom is 0.275 e. The van der Waals surface area contributed by atoms with Gasteiger partial charge in [-0.2, -0.15) is 5.10 Å². The van der Waals surface area contributed by atoms with Crippen LogP contribution in [0.2, 0.25) is 0 Å². The number of aromatic amines is 1. The van der Waals surface area contributed by atoms with Gasteiger partial charge < -0.3 is 14.5 Å². The first-order valence-corrected chi connectivity index (χ1v) is 10.9. The van der Waals surface area contributed by atoms with Crippen LogP contribution in [0.15, 0.2) is 65.5 Å². The molecular weight excluding hydrogens is 420 g/mol. The van der Waals surface area contributed by atoms with Gasteiger partial charge in [-0.3, -0.25) is 14.4 Å². The van der Waals surface area contributed by atoms with E-state index in [0.717, 1.165) is 22.4 Å². The summed E-state index contributed by atoms with van der Waals surface area (Å²) < 4.78 is 5.23. The number of H-pyrrole nitrogens is 1. The fourth-order valence-corrected chi connectivity index (χ4v) is 4.09. The maximum absolute atomic E-state index is 13.2. The molecule has 170 valence electrons. The van der Waals surface area contributed by atoms with Crippen LogP contribution < -0.4 is 10.3 Å². The second-order valence-electron chi connectivity index (χ2n) is 7.87. The fraction of sp³-hybridized carbons (Fsp3) is 0.280. The second kappa shape index (κ2) is 9.68. The van der Waals surface area contributed by atoms with E-state index in [1.54, 1.807) is 16.9 Å². The van der Waals surface area contributed by atoms with Crippen molar-refractivity contribution in [1.29, 1.82) is 0 Å². The lowest BCUT2D eigenvalue weighted by Gasteiger charge is -2.40. The van der Waals surface area contributed by atoms with Gasteiger partial charge in [0.1, 0.15) is 17.5 Å². The number of benzene rings is 2. The largest absolute Gasteiger partial charge is 0.497 e. The van der Waals surface area contributed by atoms with Crippen molar-refractivity contribution in [3.63, 3.8) is 0 Å². The highest BCUT2D eigenvalue weighted by Gasteiger charge is 2.37. The number of nitrogens with zero attached hydrogens (tertiary/aromatic N) is 3. The third kappa shape index (κ3) is 4.79. The predicted octanol–water partition coefficient (Wildman–Crippen LogP) is 2.36. The van der Waals surface area contributed by atoms with Crippen LogP contribution in [0, 0.1) is 0 Å². The molecule has 1 saturated heterocycles. The SMILES string of the molecule is CCN1CCN(C(=O)c2ccc(=O)[nH]n2)C(Cc2cccc(-c3ccc(OC)cc3)c2)C1=O. The van der Waals surface area contributed by atoms with Gasteiger partial charge in [-0.1, -0.05) is 36.4 Å². The van der Waals surface area contributed by atoms with Crippen molar-refractivity contribution >= 4 is 11.8 Å². The smallest absolute Gasteiger partial charge is 0.275 e. The highest BCUT2D eigenvalue weighted by atomic mass is 16.5. The number of carbonyl (C=O) groups is 2. The molecule has 2 amide bonds. The molecule has 1 fully saturated rings. The van der Waals surface area contributed by atoms with Crippen LogP contribution in [0.1, 0.15) is 23.0 Å². The molecule has 1 N–H and O–H groups in total. The van der Waals surface area contributed by atoms with E-state index in [1.165, 1.54) is 12.1 Å². The summed E-state index contributed by atoms with van der Waals surface area (Å²) in [6.45, 7) is 3.38. The van der Waals surface area contributed by atoms with Crippen molar-refractivity contribution in [2.45, 2.75) is 19.4 Å². The van der Waals surface area contributed by atoms with Gasteiger partial charge in [0.05, 0.1) is 7.11 Å². The minimum atomic E-state index is -0.647. The zero-order valence-corrected chi connectivity index (χ0v) is 18.7. The molecule has 4 rings (SSSR count). The molecule has 3 aromatic rings. The van der Waals surface area contributed by atoms with Crippen molar-refractivity contribution in [2.75, 3.05) is 26.7 Å². The molecule has 0 radical (unpaired) electrons. The van der Waals surface area contributed by atoms with Crippen LogP contribution in [-0.4, -0.2) is 64.6 Å². The Bertz CT molecular complexity index is 1190. The summed E-state index contributed by atoms with van der Waals surface area (Å²) in [6.07, 6.45) is 0.383. The molecule has 0 spiro atoms. The van der Waals surface area contributed by atoms with Gasteiger partial charge in [0.2, 0.25) is 5.91 Å². The highest BCUT2D eigenvalue weighted by molar-refractivity contribution is 5.96. The van der Waals surface area contributed by atoms with Crippen LogP contribution >= 0.6 is 0 Å². The lowest BCUT2D eigenvalue weighted by molar-refractivity contribution is -0.139. The van der Waals surface area contributed by atoms with E-state index in [-0.39, 0.29) is 23.1 Å². The van der Waals surface area contributed by atoms with Gasteiger partial charge in [-0.05, 0) is 41.8 Å². The monoisotopic (exact) mass is 446 g/mol. The molecule has 1 unspecified atom stereocenters. The fourth-order valence-electron chi connectivity index (χ4n) is 4.09. The lowest BCUT2D eigenvalue weighted by atomic mass is 9.97. The molecule has 0 saturated carbocycles. The number of piperazine rings is 1. The Kier molecular flexibility index (Phi) is 6.53. The number of likely N-dealkylation sites (N-methyl/N-ethyl adjacent to an activating group) is 1. The van der Waals surface area contributed by atoms with E-state index in [0.29, 0.717) is 26.1 Å². The summed E-state index contributed by atoms with van der Waals surface area (Å²) >= 11 is 0. The van der Waals surface area contributed by atoms with Crippen molar-refractivity contribution in [3.8, 4) is 16.9 Å². The zero-order valence-electron chi connectivity index (χ0n) is 18.7. The Hall–Kier alpha value is -3.94. The highest BCUT2D eigenvalue weighted by Crippen LogP contribution is 2.25. The van der Waals surface area contributed by atoms with Crippen LogP contribution in [0.25, 0.3) is 11.1 Å². The molecule has 8 heteroatoms. The van der Waals surface area contributed by atoms with E-state index in [1.807, 2.05) is 55.5 Å². The Morgan fingerprint density at radius 1 is 1.06 bits per heavy atom. The summed E-state index contributed by atoms with van der Waals surface area (Å²) in [5, 5.41) is 6.16. The topological polar surface area (TPSA) is 95.6 Å². The maximum atomic E-state index is 13.2. The Morgan fingerprint density at radius 3 is 2.52 bits per heavy atom. The van der Waals surface area contributed by atoms with Crippen LogP contribution in [0.4, 0.5) is 0 Å². The average molecular weight is 447 g/mol. The summed E-state index contributed by atoms with van der Waals surface area (Å²) in [4.78, 5) is 41.1. The van der Waals surface area contributed by atoms with Gasteiger partial charge in [-0.25, -0.2) is 5.10 Å². The van der Waals surface area contributed by atoms with Crippen molar-refractivity contribution < 1.29 is 14.3 Å². The number of hydrogen-bond acceptors (Lipinski definition) is 5. The Morgan fingerprint density at radius 2 is 1.85 bits per heavy atom. The number of amides is 2. The third-order valence-corrected chi connectivity index (χ3v) is 5.90. The first-order valence-electron chi connectivity index (χ1n) is 10.9. The number of hydrogen-bond donors (Lipinski definition) is 1. The molecule has 2 aromatic carbocycles. The standard InChI is InChI=1S/C25H26N4O4/c1-3-28-13-14-29(24(31)21-11-12-23(30)27-26-21)22(25(28)32)16-17-5-4-6-19(15-17)18-7-9-20(33-2)10-8-18/h4-12,15,22H,3,13-14,16H2,1-2H3,(H,27,30). The molecule has 1 aliphatic rings. The van der Waals surface area contributed by atoms with Gasteiger partial charge in [0.25, 0.3) is 11.5 Å². The summed E-state index contributed by atoms with van der Waals surface area (Å²) in [6, 6.07) is 17.8. The second-order valence-corrected chi connectivity index (χ2v) is 7.87. The van der Waals surface area contributed by atoms with Gasteiger partial charge >= 0.3 is 0 Å². The molecule has 33 heavy (non-hydrogen) atoms. The predicted molar refractivity (Wildman–Crippen MR) is 124 cm³/mol. The average Bonchev–Trinajstić information content (AvgIpc) is 2.85. The van der Waals surface area contributed by atoms with Crippen LogP contribution in [-0.2, 0) is 11.2 Å². The van der Waals surface area contributed by atoms with Crippen molar-refractivity contribution in [1.82, 2.24) is 20.0 Å². The molecule has 2 heterocycles. The molecule has 1 atom stereocenters. The van der Waals surface area contributed by atoms with Crippen molar-refractivity contribution in [3.05, 3.63) is 82.3 Å². The number of rotatable bonds is 6. The normalized spacial score (nSPS) is 16.1. The van der Waals surface area contributed by atoms with Crippen molar-refractivity contribution in [2.24, 2.45) is 0 Å². The first kappa shape index (κ1) is 22.3. The summed E-state index contributed by atoms with van der Waals surface area (Å²) in [5.74, 6) is 0.329. The van der Waals surface area contributed by atoms with E-state index in [4.69, 9.17) is 4.74 Å². The Balaban J connectivity index is 1.62. The van der Waals surface area contributed by atoms with Crippen LogP contribution in [0.5, 0.6) is 5.75 Å². The molecule has 1 aliphatic heterocycles. The van der Waals surface area contributed by atoms with Crippen LogP contribution in [0.3, 0.4) is 0 Å². The minimum Gasteiger partial charge on any atom is -0.497 e. The number of ether oxygens (including phenoxy) is 1. The molecular formula is C25H26N4O4. The van der Waals surface area contributed by atoms with E-state index >= 15 is 0 Å². The minimum absolute atomic E-state index is 0.0867.